The zero-order valence-electron chi connectivity index (χ0n) is 26.2. The Morgan fingerprint density at radius 3 is 2.02 bits per heavy atom. The number of barbiturate groups is 1. The number of halogens is 1. The van der Waals surface area contributed by atoms with Gasteiger partial charge in [-0.05, 0) is 93.9 Å². The molecule has 0 spiro atoms. The molecule has 3 aliphatic rings. The molecule has 47 heavy (non-hydrogen) atoms. The quantitative estimate of drug-likeness (QED) is 0.161. The molecule has 0 unspecified atom stereocenters. The van der Waals surface area contributed by atoms with Gasteiger partial charge in [-0.2, -0.15) is 0 Å². The van der Waals surface area contributed by atoms with Crippen molar-refractivity contribution in [2.45, 2.75) is 31.6 Å². The molecule has 1 fully saturated rings. The van der Waals surface area contributed by atoms with E-state index in [0.717, 1.165) is 42.0 Å². The minimum atomic E-state index is -0.772. The number of rotatable bonds is 7. The summed E-state index contributed by atoms with van der Waals surface area (Å²) in [5.74, 6) is -0.304. The van der Waals surface area contributed by atoms with Gasteiger partial charge in [0.2, 0.25) is 0 Å². The summed E-state index contributed by atoms with van der Waals surface area (Å²) in [6, 6.07) is 27.4. The SMILES string of the molecule is CCOc1c(Br)cc(/C=C2\C(=O)NC(=O)N(c3cc4c5c(c3)[C@H](c3ccccc3)CCN5CC[C@H]4c3ccccc3)C2=O)cc1OC. The van der Waals surface area contributed by atoms with Crippen LogP contribution in [0.2, 0.25) is 0 Å². The number of carbonyl (C=O) groups excluding carboxylic acids is 3. The highest BCUT2D eigenvalue weighted by atomic mass is 79.9. The number of amides is 4. The lowest BCUT2D eigenvalue weighted by molar-refractivity contribution is -0.122. The Balaban J connectivity index is 1.36. The molecular weight excluding hydrogens is 658 g/mol. The number of benzene rings is 4. The van der Waals surface area contributed by atoms with Gasteiger partial charge in [-0.1, -0.05) is 60.7 Å². The third-order valence-corrected chi connectivity index (χ3v) is 9.80. The molecule has 0 aliphatic carbocycles. The summed E-state index contributed by atoms with van der Waals surface area (Å²) in [6.45, 7) is 4.15. The van der Waals surface area contributed by atoms with E-state index in [2.05, 4.69) is 50.4 Å². The van der Waals surface area contributed by atoms with E-state index < -0.39 is 17.8 Å². The first-order valence-corrected chi connectivity index (χ1v) is 16.6. The zero-order valence-corrected chi connectivity index (χ0v) is 27.8. The predicted octanol–water partition coefficient (Wildman–Crippen LogP) is 7.40. The monoisotopic (exact) mass is 691 g/mol. The summed E-state index contributed by atoms with van der Waals surface area (Å²) in [7, 11) is 1.52. The molecule has 0 aromatic heterocycles. The lowest BCUT2D eigenvalue weighted by atomic mass is 9.76. The van der Waals surface area contributed by atoms with E-state index >= 15 is 0 Å². The van der Waals surface area contributed by atoms with Crippen molar-refractivity contribution >= 4 is 51.2 Å². The van der Waals surface area contributed by atoms with E-state index in [1.165, 1.54) is 30.0 Å². The van der Waals surface area contributed by atoms with Crippen molar-refractivity contribution in [3.05, 3.63) is 123 Å². The van der Waals surface area contributed by atoms with Crippen LogP contribution in [0, 0.1) is 0 Å². The molecular formula is C38H34BrN3O5. The van der Waals surface area contributed by atoms with Crippen molar-refractivity contribution in [1.29, 1.82) is 0 Å². The Labute approximate surface area is 282 Å². The predicted molar refractivity (Wildman–Crippen MR) is 185 cm³/mol. The lowest BCUT2D eigenvalue weighted by Crippen LogP contribution is -2.54. The minimum absolute atomic E-state index is 0.0870. The molecule has 2 atom stereocenters. The van der Waals surface area contributed by atoms with E-state index in [1.54, 1.807) is 12.1 Å². The molecule has 1 saturated heterocycles. The van der Waals surface area contributed by atoms with Gasteiger partial charge in [0.05, 0.1) is 23.9 Å². The van der Waals surface area contributed by atoms with Crippen LogP contribution in [0.1, 0.15) is 59.4 Å². The third kappa shape index (κ3) is 5.58. The summed E-state index contributed by atoms with van der Waals surface area (Å²) in [6.07, 6.45) is 3.30. The Bertz CT molecular complexity index is 1840. The van der Waals surface area contributed by atoms with Crippen LogP contribution >= 0.6 is 15.9 Å². The van der Waals surface area contributed by atoms with Crippen LogP contribution in [-0.4, -0.2) is 44.7 Å². The molecule has 4 aromatic carbocycles. The first kappa shape index (κ1) is 30.7. The fourth-order valence-electron chi connectivity index (χ4n) is 7.13. The first-order chi connectivity index (χ1) is 22.9. The molecule has 9 heteroatoms. The number of nitrogens with one attached hydrogen (secondary N) is 1. The van der Waals surface area contributed by atoms with Gasteiger partial charge in [-0.25, -0.2) is 9.69 Å². The second-order valence-electron chi connectivity index (χ2n) is 11.9. The van der Waals surface area contributed by atoms with E-state index in [4.69, 9.17) is 9.47 Å². The standard InChI is InChI=1S/C38H34BrN3O5/c1-3-47-35-32(39)19-23(20-33(35)46-2)18-31-36(43)40-38(45)42(37(31)44)26-21-29-27(24-10-6-4-7-11-24)14-16-41-17-15-28(30(22-26)34(29)41)25-12-8-5-9-13-25/h4-13,18-22,27-28H,3,14-17H2,1-2H3,(H,40,43,45)/b31-18+/t27-,28-/m0/s1. The average molecular weight is 693 g/mol. The van der Waals surface area contributed by atoms with Crippen LogP contribution in [0.3, 0.4) is 0 Å². The van der Waals surface area contributed by atoms with E-state index in [9.17, 15) is 14.4 Å². The van der Waals surface area contributed by atoms with Crippen LogP contribution in [0.25, 0.3) is 6.08 Å². The number of carbonyl (C=O) groups is 3. The van der Waals surface area contributed by atoms with Crippen molar-refractivity contribution in [3.8, 4) is 11.5 Å². The Morgan fingerprint density at radius 1 is 0.872 bits per heavy atom. The third-order valence-electron chi connectivity index (χ3n) is 9.21. The van der Waals surface area contributed by atoms with Crippen LogP contribution in [0.15, 0.2) is 95.0 Å². The highest BCUT2D eigenvalue weighted by Crippen LogP contribution is 2.50. The number of ether oxygens (including phenoxy) is 2. The van der Waals surface area contributed by atoms with Gasteiger partial charge in [0.1, 0.15) is 5.57 Å². The van der Waals surface area contributed by atoms with Gasteiger partial charge in [0, 0.05) is 30.6 Å². The van der Waals surface area contributed by atoms with Crippen LogP contribution in [-0.2, 0) is 9.59 Å². The van der Waals surface area contributed by atoms with E-state index in [-0.39, 0.29) is 17.4 Å². The highest BCUT2D eigenvalue weighted by Gasteiger charge is 2.40. The summed E-state index contributed by atoms with van der Waals surface area (Å²) >= 11 is 3.52. The summed E-state index contributed by atoms with van der Waals surface area (Å²) in [5, 5.41) is 2.41. The second kappa shape index (κ2) is 12.7. The van der Waals surface area contributed by atoms with Crippen molar-refractivity contribution in [2.75, 3.05) is 36.6 Å². The lowest BCUT2D eigenvalue weighted by Gasteiger charge is -2.44. The van der Waals surface area contributed by atoms with Crippen molar-refractivity contribution < 1.29 is 23.9 Å². The van der Waals surface area contributed by atoms with Gasteiger partial charge < -0.3 is 14.4 Å². The van der Waals surface area contributed by atoms with Crippen LogP contribution < -0.4 is 24.6 Å². The maximum absolute atomic E-state index is 14.2. The molecule has 3 aliphatic heterocycles. The van der Waals surface area contributed by atoms with Crippen molar-refractivity contribution in [1.82, 2.24) is 5.32 Å². The summed E-state index contributed by atoms with van der Waals surface area (Å²) in [5.41, 5.74) is 6.54. The molecule has 4 aromatic rings. The van der Waals surface area contributed by atoms with E-state index in [0.29, 0.717) is 33.8 Å². The molecule has 3 heterocycles. The van der Waals surface area contributed by atoms with Gasteiger partial charge in [-0.3, -0.25) is 14.9 Å². The maximum atomic E-state index is 14.2. The summed E-state index contributed by atoms with van der Waals surface area (Å²) < 4.78 is 11.8. The Morgan fingerprint density at radius 2 is 1.47 bits per heavy atom. The van der Waals surface area contributed by atoms with E-state index in [1.807, 2.05) is 55.5 Å². The van der Waals surface area contributed by atoms with Gasteiger partial charge in [0.15, 0.2) is 11.5 Å². The normalized spacial score (nSPS) is 19.8. The molecule has 1 N–H and O–H groups in total. The minimum Gasteiger partial charge on any atom is -0.493 e. The van der Waals surface area contributed by atoms with Crippen LogP contribution in [0.4, 0.5) is 16.2 Å². The molecule has 0 bridgehead atoms. The highest BCUT2D eigenvalue weighted by molar-refractivity contribution is 9.10. The Hall–Kier alpha value is -4.89. The zero-order chi connectivity index (χ0) is 32.7. The number of urea groups is 1. The largest absolute Gasteiger partial charge is 0.493 e. The molecule has 7 rings (SSSR count). The van der Waals surface area contributed by atoms with Crippen molar-refractivity contribution in [3.63, 3.8) is 0 Å². The fourth-order valence-corrected chi connectivity index (χ4v) is 7.71. The first-order valence-electron chi connectivity index (χ1n) is 15.8. The Kier molecular flexibility index (Phi) is 8.32. The molecule has 8 nitrogen and oxygen atoms in total. The van der Waals surface area contributed by atoms with Gasteiger partial charge >= 0.3 is 6.03 Å². The number of methoxy groups -OCH3 is 1. The molecule has 4 amide bonds. The number of nitrogens with zero attached hydrogens (tertiary/aromatic N) is 2. The average Bonchev–Trinajstić information content (AvgIpc) is 3.08. The fraction of sp³-hybridized carbons (Fsp3) is 0.237. The summed E-state index contributed by atoms with van der Waals surface area (Å²) in [4.78, 5) is 44.4. The molecule has 0 saturated carbocycles. The van der Waals surface area contributed by atoms with Crippen LogP contribution in [0.5, 0.6) is 11.5 Å². The maximum Gasteiger partial charge on any atom is 0.335 e. The number of anilines is 2. The molecule has 0 radical (unpaired) electrons. The van der Waals surface area contributed by atoms with Gasteiger partial charge in [0.25, 0.3) is 11.8 Å². The molecule has 238 valence electrons. The number of hydrogen-bond acceptors (Lipinski definition) is 6. The van der Waals surface area contributed by atoms with Crippen molar-refractivity contribution in [2.24, 2.45) is 0 Å². The second-order valence-corrected chi connectivity index (χ2v) is 12.7. The topological polar surface area (TPSA) is 88.2 Å². The number of imide groups is 2. The number of hydrogen-bond donors (Lipinski definition) is 1. The smallest absolute Gasteiger partial charge is 0.335 e. The van der Waals surface area contributed by atoms with Gasteiger partial charge in [-0.15, -0.1) is 0 Å².